The fourth-order valence-corrected chi connectivity index (χ4v) is 2.94. The van der Waals surface area contributed by atoms with Crippen LogP contribution in [-0.4, -0.2) is 53.3 Å². The van der Waals surface area contributed by atoms with Crippen molar-refractivity contribution in [2.75, 3.05) is 27.2 Å². The quantitative estimate of drug-likeness (QED) is 0.571. The van der Waals surface area contributed by atoms with Gasteiger partial charge in [0.2, 0.25) is 5.82 Å². The third-order valence-electron chi connectivity index (χ3n) is 4.43. The molecule has 1 aromatic carbocycles. The maximum atomic E-state index is 13.8. The van der Waals surface area contributed by atoms with Gasteiger partial charge in [-0.15, -0.1) is 0 Å². The Morgan fingerprint density at radius 2 is 1.83 bits per heavy atom. The number of benzene rings is 1. The molecule has 2 N–H and O–H groups in total. The van der Waals surface area contributed by atoms with Gasteiger partial charge in [-0.2, -0.15) is 0 Å². The standard InChI is InChI=1S/C21H24FN5O2/c1-26(2)12-7-11-23-20(28)18-17-10-5-6-13-27(17)19(25-18)21(29)24-14-15-8-3-4-9-16(15)22/h3-6,8-10,13H,7,11-12,14H2,1-2H3,(H,23,28)(H,24,29). The average molecular weight is 397 g/mol. The van der Waals surface area contributed by atoms with E-state index in [1.807, 2.05) is 19.0 Å². The second-order valence-corrected chi connectivity index (χ2v) is 6.93. The van der Waals surface area contributed by atoms with Crippen LogP contribution >= 0.6 is 0 Å². The van der Waals surface area contributed by atoms with Gasteiger partial charge in [-0.3, -0.25) is 14.0 Å². The molecule has 0 fully saturated rings. The third-order valence-corrected chi connectivity index (χ3v) is 4.43. The lowest BCUT2D eigenvalue weighted by Crippen LogP contribution is -2.28. The zero-order valence-electron chi connectivity index (χ0n) is 16.5. The highest BCUT2D eigenvalue weighted by molar-refractivity contribution is 6.02. The van der Waals surface area contributed by atoms with Crippen molar-refractivity contribution >= 4 is 17.3 Å². The first-order valence-electron chi connectivity index (χ1n) is 9.39. The molecule has 0 saturated heterocycles. The normalized spacial score (nSPS) is 11.0. The summed E-state index contributed by atoms with van der Waals surface area (Å²) >= 11 is 0. The first-order valence-corrected chi connectivity index (χ1v) is 9.39. The first kappa shape index (κ1) is 20.5. The van der Waals surface area contributed by atoms with E-state index < -0.39 is 11.7 Å². The minimum absolute atomic E-state index is 0.0271. The molecular weight excluding hydrogens is 373 g/mol. The summed E-state index contributed by atoms with van der Waals surface area (Å²) in [6.45, 7) is 1.39. The molecule has 0 aliphatic carbocycles. The van der Waals surface area contributed by atoms with E-state index in [0.29, 0.717) is 17.6 Å². The van der Waals surface area contributed by atoms with Crippen molar-refractivity contribution in [3.8, 4) is 0 Å². The van der Waals surface area contributed by atoms with Crippen molar-refractivity contribution in [1.82, 2.24) is 24.9 Å². The van der Waals surface area contributed by atoms with Crippen molar-refractivity contribution in [3.05, 3.63) is 71.6 Å². The molecule has 0 aliphatic rings. The molecule has 0 bridgehead atoms. The number of nitrogens with zero attached hydrogens (tertiary/aromatic N) is 3. The summed E-state index contributed by atoms with van der Waals surface area (Å²) in [4.78, 5) is 31.6. The van der Waals surface area contributed by atoms with Crippen LogP contribution in [0, 0.1) is 5.82 Å². The molecule has 152 valence electrons. The van der Waals surface area contributed by atoms with Gasteiger partial charge in [0, 0.05) is 24.8 Å². The maximum absolute atomic E-state index is 13.8. The number of fused-ring (bicyclic) bond motifs is 1. The summed E-state index contributed by atoms with van der Waals surface area (Å²) in [6, 6.07) is 11.5. The van der Waals surface area contributed by atoms with Crippen LogP contribution < -0.4 is 10.6 Å². The molecule has 8 heteroatoms. The van der Waals surface area contributed by atoms with Crippen LogP contribution in [0.5, 0.6) is 0 Å². The second kappa shape index (κ2) is 9.29. The molecule has 0 unspecified atom stereocenters. The van der Waals surface area contributed by atoms with Crippen molar-refractivity contribution in [1.29, 1.82) is 0 Å². The van der Waals surface area contributed by atoms with E-state index in [1.54, 1.807) is 47.0 Å². The van der Waals surface area contributed by atoms with Crippen LogP contribution in [0.15, 0.2) is 48.7 Å². The predicted molar refractivity (Wildman–Crippen MR) is 108 cm³/mol. The molecule has 0 radical (unpaired) electrons. The highest BCUT2D eigenvalue weighted by Gasteiger charge is 2.21. The van der Waals surface area contributed by atoms with Crippen LogP contribution in [0.4, 0.5) is 4.39 Å². The molecular formula is C21H24FN5O2. The third kappa shape index (κ3) is 4.97. The number of hydrogen-bond donors (Lipinski definition) is 2. The Bertz CT molecular complexity index is 1020. The van der Waals surface area contributed by atoms with E-state index in [4.69, 9.17) is 0 Å². The number of carbonyl (C=O) groups is 2. The van der Waals surface area contributed by atoms with Gasteiger partial charge in [-0.25, -0.2) is 9.37 Å². The summed E-state index contributed by atoms with van der Waals surface area (Å²) in [5.41, 5.74) is 1.10. The van der Waals surface area contributed by atoms with E-state index in [9.17, 15) is 14.0 Å². The first-order chi connectivity index (χ1) is 14.0. The predicted octanol–water partition coefficient (Wildman–Crippen LogP) is 2.08. The van der Waals surface area contributed by atoms with Crippen molar-refractivity contribution in [2.24, 2.45) is 0 Å². The fourth-order valence-electron chi connectivity index (χ4n) is 2.94. The molecule has 7 nitrogen and oxygen atoms in total. The summed E-state index contributed by atoms with van der Waals surface area (Å²) in [7, 11) is 3.94. The molecule has 3 rings (SSSR count). The van der Waals surface area contributed by atoms with Crippen molar-refractivity contribution in [3.63, 3.8) is 0 Å². The lowest BCUT2D eigenvalue weighted by molar-refractivity contribution is 0.0939. The Kier molecular flexibility index (Phi) is 6.56. The minimum Gasteiger partial charge on any atom is -0.351 e. The van der Waals surface area contributed by atoms with Crippen molar-refractivity contribution < 1.29 is 14.0 Å². The number of nitrogens with one attached hydrogen (secondary N) is 2. The van der Waals surface area contributed by atoms with E-state index in [0.717, 1.165) is 13.0 Å². The van der Waals surface area contributed by atoms with Crippen LogP contribution in [0.25, 0.3) is 5.52 Å². The highest BCUT2D eigenvalue weighted by atomic mass is 19.1. The summed E-state index contributed by atoms with van der Waals surface area (Å²) in [5, 5.41) is 5.51. The molecule has 2 heterocycles. The molecule has 3 aromatic rings. The Hall–Kier alpha value is -3.26. The topological polar surface area (TPSA) is 78.7 Å². The average Bonchev–Trinajstić information content (AvgIpc) is 3.10. The van der Waals surface area contributed by atoms with Gasteiger partial charge in [-0.1, -0.05) is 24.3 Å². The van der Waals surface area contributed by atoms with Gasteiger partial charge in [-0.05, 0) is 45.3 Å². The van der Waals surface area contributed by atoms with E-state index >= 15 is 0 Å². The molecule has 0 aliphatic heterocycles. The SMILES string of the molecule is CN(C)CCCNC(=O)c1nc(C(=O)NCc2ccccc2F)n2ccccc12. The Morgan fingerprint density at radius 3 is 2.59 bits per heavy atom. The number of hydrogen-bond acceptors (Lipinski definition) is 4. The number of halogens is 1. The van der Waals surface area contributed by atoms with Gasteiger partial charge < -0.3 is 15.5 Å². The molecule has 2 amide bonds. The highest BCUT2D eigenvalue weighted by Crippen LogP contribution is 2.14. The fraction of sp³-hybridized carbons (Fsp3) is 0.286. The Labute approximate surface area is 168 Å². The zero-order chi connectivity index (χ0) is 20.8. The van der Waals surface area contributed by atoms with E-state index in [2.05, 4.69) is 15.6 Å². The van der Waals surface area contributed by atoms with Gasteiger partial charge >= 0.3 is 0 Å². The second-order valence-electron chi connectivity index (χ2n) is 6.93. The van der Waals surface area contributed by atoms with Gasteiger partial charge in [0.25, 0.3) is 11.8 Å². The summed E-state index contributed by atoms with van der Waals surface area (Å²) in [6.07, 6.45) is 2.48. The van der Waals surface area contributed by atoms with Gasteiger partial charge in [0.1, 0.15) is 5.82 Å². The lowest BCUT2D eigenvalue weighted by Gasteiger charge is -2.09. The molecule has 0 atom stereocenters. The summed E-state index contributed by atoms with van der Waals surface area (Å²) < 4.78 is 15.3. The Balaban J connectivity index is 1.75. The van der Waals surface area contributed by atoms with E-state index in [-0.39, 0.29) is 24.0 Å². The number of rotatable bonds is 8. The Morgan fingerprint density at radius 1 is 1.07 bits per heavy atom. The minimum atomic E-state index is -0.485. The smallest absolute Gasteiger partial charge is 0.287 e. The zero-order valence-corrected chi connectivity index (χ0v) is 16.5. The van der Waals surface area contributed by atoms with Crippen LogP contribution in [0.1, 0.15) is 33.1 Å². The molecule has 0 spiro atoms. The van der Waals surface area contributed by atoms with Crippen LogP contribution in [-0.2, 0) is 6.54 Å². The molecule has 29 heavy (non-hydrogen) atoms. The maximum Gasteiger partial charge on any atom is 0.287 e. The number of amides is 2. The van der Waals surface area contributed by atoms with Crippen molar-refractivity contribution in [2.45, 2.75) is 13.0 Å². The van der Waals surface area contributed by atoms with Gasteiger partial charge in [0.15, 0.2) is 5.69 Å². The van der Waals surface area contributed by atoms with Gasteiger partial charge in [0.05, 0.1) is 5.52 Å². The molecule has 0 saturated carbocycles. The van der Waals surface area contributed by atoms with Crippen LogP contribution in [0.3, 0.4) is 0 Å². The number of aromatic nitrogens is 2. The lowest BCUT2D eigenvalue weighted by atomic mass is 10.2. The number of imidazole rings is 1. The number of carbonyl (C=O) groups excluding carboxylic acids is 2. The monoisotopic (exact) mass is 397 g/mol. The molecule has 2 aromatic heterocycles. The summed E-state index contributed by atoms with van der Waals surface area (Å²) in [5.74, 6) is -1.13. The van der Waals surface area contributed by atoms with Crippen LogP contribution in [0.2, 0.25) is 0 Å². The largest absolute Gasteiger partial charge is 0.351 e. The number of pyridine rings is 1. The van der Waals surface area contributed by atoms with E-state index in [1.165, 1.54) is 6.07 Å².